The van der Waals surface area contributed by atoms with Crippen LogP contribution < -0.4 is 4.90 Å². The number of carbonyl (C=O) groups is 4. The predicted molar refractivity (Wildman–Crippen MR) is 143 cm³/mol. The van der Waals surface area contributed by atoms with Crippen LogP contribution in [-0.4, -0.2) is 80.1 Å². The molecule has 1 N–H and O–H groups in total. The molecule has 3 aromatic rings. The SMILES string of the molecule is CN1C(=O)N(c2ccc3c(c2)c(Cc2ccccc2)nn3C(=O)O)C2(CCN(C(=O)OC(C)(C)C)CC2)C1=O. The number of carboxylic acid groups (broad SMARTS) is 1. The van der Waals surface area contributed by atoms with E-state index in [1.807, 2.05) is 30.3 Å². The van der Waals surface area contributed by atoms with E-state index < -0.39 is 29.4 Å². The molecular weight excluding hydrogens is 502 g/mol. The molecule has 39 heavy (non-hydrogen) atoms. The second kappa shape index (κ2) is 9.40. The maximum Gasteiger partial charge on any atom is 0.432 e. The summed E-state index contributed by atoms with van der Waals surface area (Å²) in [6, 6.07) is 14.1. The summed E-state index contributed by atoms with van der Waals surface area (Å²) in [5.41, 5.74) is 0.539. The first-order valence-electron chi connectivity index (χ1n) is 12.8. The number of hydrogen-bond acceptors (Lipinski definition) is 6. The second-order valence-electron chi connectivity index (χ2n) is 11.0. The van der Waals surface area contributed by atoms with Crippen molar-refractivity contribution in [2.24, 2.45) is 0 Å². The van der Waals surface area contributed by atoms with Gasteiger partial charge in [0.15, 0.2) is 0 Å². The van der Waals surface area contributed by atoms with Gasteiger partial charge in [-0.25, -0.2) is 14.4 Å². The molecule has 2 aromatic carbocycles. The summed E-state index contributed by atoms with van der Waals surface area (Å²) >= 11 is 0. The van der Waals surface area contributed by atoms with Gasteiger partial charge in [0.25, 0.3) is 5.91 Å². The molecule has 11 nitrogen and oxygen atoms in total. The molecule has 4 amide bonds. The van der Waals surface area contributed by atoms with E-state index in [-0.39, 0.29) is 31.8 Å². The molecule has 11 heteroatoms. The number of benzene rings is 2. The number of carbonyl (C=O) groups excluding carboxylic acids is 3. The van der Waals surface area contributed by atoms with E-state index in [1.54, 1.807) is 43.9 Å². The van der Waals surface area contributed by atoms with Crippen molar-refractivity contribution in [3.63, 3.8) is 0 Å². The number of amides is 4. The number of nitrogens with zero attached hydrogens (tertiary/aromatic N) is 5. The molecule has 0 radical (unpaired) electrons. The minimum absolute atomic E-state index is 0.241. The number of aromatic nitrogens is 2. The first-order chi connectivity index (χ1) is 18.4. The zero-order valence-corrected chi connectivity index (χ0v) is 22.4. The molecule has 1 aromatic heterocycles. The summed E-state index contributed by atoms with van der Waals surface area (Å²) in [5.74, 6) is -0.331. The molecule has 2 fully saturated rings. The molecule has 2 aliphatic rings. The number of urea groups is 1. The van der Waals surface area contributed by atoms with E-state index >= 15 is 0 Å². The summed E-state index contributed by atoms with van der Waals surface area (Å²) in [7, 11) is 1.45. The van der Waals surface area contributed by atoms with Crippen LogP contribution in [0.5, 0.6) is 0 Å². The van der Waals surface area contributed by atoms with Gasteiger partial charge in [-0.15, -0.1) is 0 Å². The highest BCUT2D eigenvalue weighted by Gasteiger charge is 2.58. The number of ether oxygens (including phenoxy) is 1. The van der Waals surface area contributed by atoms with Crippen LogP contribution in [0.2, 0.25) is 0 Å². The molecule has 0 unspecified atom stereocenters. The number of likely N-dealkylation sites (tertiary alicyclic amines) is 1. The van der Waals surface area contributed by atoms with E-state index in [2.05, 4.69) is 5.10 Å². The van der Waals surface area contributed by atoms with Gasteiger partial charge in [-0.3, -0.25) is 14.6 Å². The molecule has 3 heterocycles. The fourth-order valence-corrected chi connectivity index (χ4v) is 5.38. The van der Waals surface area contributed by atoms with E-state index in [9.17, 15) is 24.3 Å². The Bertz CT molecular complexity index is 1470. The van der Waals surface area contributed by atoms with Crippen molar-refractivity contribution in [2.45, 2.75) is 51.2 Å². The maximum absolute atomic E-state index is 13.5. The van der Waals surface area contributed by atoms with Crippen molar-refractivity contribution >= 4 is 40.7 Å². The van der Waals surface area contributed by atoms with Crippen LogP contribution in [0, 0.1) is 0 Å². The number of piperidine rings is 1. The monoisotopic (exact) mass is 533 g/mol. The zero-order valence-electron chi connectivity index (χ0n) is 22.4. The van der Waals surface area contributed by atoms with Crippen molar-refractivity contribution in [2.75, 3.05) is 25.0 Å². The van der Waals surface area contributed by atoms with Crippen LogP contribution in [0.15, 0.2) is 48.5 Å². The van der Waals surface area contributed by atoms with Crippen molar-refractivity contribution in [3.8, 4) is 0 Å². The lowest BCUT2D eigenvalue weighted by Gasteiger charge is -2.42. The molecular formula is C28H31N5O6. The van der Waals surface area contributed by atoms with Crippen LogP contribution in [0.1, 0.15) is 44.9 Å². The number of hydrogen-bond donors (Lipinski definition) is 1. The number of likely N-dealkylation sites (N-methyl/N-ethyl adjacent to an activating group) is 1. The van der Waals surface area contributed by atoms with Crippen LogP contribution in [0.4, 0.5) is 20.1 Å². The molecule has 2 aliphatic heterocycles. The lowest BCUT2D eigenvalue weighted by atomic mass is 9.85. The fraction of sp³-hybridized carbons (Fsp3) is 0.393. The zero-order chi connectivity index (χ0) is 28.1. The predicted octanol–water partition coefficient (Wildman–Crippen LogP) is 4.32. The molecule has 0 aliphatic carbocycles. The van der Waals surface area contributed by atoms with Crippen molar-refractivity contribution < 1.29 is 29.0 Å². The molecule has 0 saturated carbocycles. The van der Waals surface area contributed by atoms with Crippen LogP contribution in [0.3, 0.4) is 0 Å². The fourth-order valence-electron chi connectivity index (χ4n) is 5.38. The smallest absolute Gasteiger partial charge is 0.432 e. The van der Waals surface area contributed by atoms with Gasteiger partial charge in [-0.2, -0.15) is 9.78 Å². The summed E-state index contributed by atoms with van der Waals surface area (Å²) in [6.07, 6.45) is -0.800. The standard InChI is InChI=1S/C28H31N5O6/c1-27(2,3)39-26(38)31-14-12-28(13-15-31)23(34)30(4)24(35)32(28)19-10-11-22-20(17-19)21(29-33(22)25(36)37)16-18-8-6-5-7-9-18/h5-11,17H,12-16H2,1-4H3,(H,36,37). The summed E-state index contributed by atoms with van der Waals surface area (Å²) in [6.45, 7) is 5.87. The minimum Gasteiger partial charge on any atom is -0.463 e. The Balaban J connectivity index is 1.52. The highest BCUT2D eigenvalue weighted by molar-refractivity contribution is 6.17. The summed E-state index contributed by atoms with van der Waals surface area (Å²) in [5, 5.41) is 14.7. The number of fused-ring (bicyclic) bond motifs is 1. The van der Waals surface area contributed by atoms with Gasteiger partial charge >= 0.3 is 18.2 Å². The first kappa shape index (κ1) is 26.2. The third-order valence-corrected chi connectivity index (χ3v) is 7.24. The molecule has 1 spiro atoms. The van der Waals surface area contributed by atoms with Crippen molar-refractivity contribution in [1.82, 2.24) is 19.6 Å². The van der Waals surface area contributed by atoms with Crippen LogP contribution in [0.25, 0.3) is 10.9 Å². The summed E-state index contributed by atoms with van der Waals surface area (Å²) in [4.78, 5) is 55.6. The van der Waals surface area contributed by atoms with Crippen molar-refractivity contribution in [3.05, 3.63) is 59.8 Å². The lowest BCUT2D eigenvalue weighted by Crippen LogP contribution is -2.58. The highest BCUT2D eigenvalue weighted by atomic mass is 16.6. The topological polar surface area (TPSA) is 125 Å². The summed E-state index contributed by atoms with van der Waals surface area (Å²) < 4.78 is 6.42. The quantitative estimate of drug-likeness (QED) is 0.497. The average molecular weight is 534 g/mol. The molecule has 2 saturated heterocycles. The maximum atomic E-state index is 13.5. The second-order valence-corrected chi connectivity index (χ2v) is 11.0. The van der Waals surface area contributed by atoms with Crippen LogP contribution in [-0.2, 0) is 16.0 Å². The van der Waals surface area contributed by atoms with E-state index in [0.717, 1.165) is 15.1 Å². The Hall–Kier alpha value is -4.41. The van der Waals surface area contributed by atoms with Gasteiger partial charge in [0.1, 0.15) is 11.1 Å². The van der Waals surface area contributed by atoms with Gasteiger partial charge in [0, 0.05) is 37.6 Å². The molecule has 5 rings (SSSR count). The number of imide groups is 1. The van der Waals surface area contributed by atoms with Gasteiger partial charge in [0.2, 0.25) is 0 Å². The largest absolute Gasteiger partial charge is 0.463 e. The lowest BCUT2D eigenvalue weighted by molar-refractivity contribution is -0.131. The normalized spacial score (nSPS) is 17.4. The van der Waals surface area contributed by atoms with Gasteiger partial charge in [0.05, 0.1) is 11.2 Å². The Labute approximate surface area is 225 Å². The first-order valence-corrected chi connectivity index (χ1v) is 12.8. The Morgan fingerprint density at radius 1 is 1.05 bits per heavy atom. The molecule has 0 bridgehead atoms. The highest BCUT2D eigenvalue weighted by Crippen LogP contribution is 2.41. The Kier molecular flexibility index (Phi) is 6.32. The average Bonchev–Trinajstić information content (AvgIpc) is 3.33. The van der Waals surface area contributed by atoms with Gasteiger partial charge < -0.3 is 14.7 Å². The van der Waals surface area contributed by atoms with Gasteiger partial charge in [-0.05, 0) is 57.4 Å². The van der Waals surface area contributed by atoms with Crippen LogP contribution >= 0.6 is 0 Å². The minimum atomic E-state index is -1.22. The Morgan fingerprint density at radius 3 is 2.33 bits per heavy atom. The number of anilines is 1. The molecule has 0 atom stereocenters. The van der Waals surface area contributed by atoms with E-state index in [1.165, 1.54) is 11.9 Å². The number of rotatable bonds is 3. The Morgan fingerprint density at radius 2 is 1.72 bits per heavy atom. The van der Waals surface area contributed by atoms with E-state index in [4.69, 9.17) is 4.74 Å². The van der Waals surface area contributed by atoms with Crippen molar-refractivity contribution in [1.29, 1.82) is 0 Å². The van der Waals surface area contributed by atoms with E-state index in [0.29, 0.717) is 28.7 Å². The third kappa shape index (κ3) is 4.58. The van der Waals surface area contributed by atoms with Gasteiger partial charge in [-0.1, -0.05) is 30.3 Å². The molecule has 204 valence electrons. The third-order valence-electron chi connectivity index (χ3n) is 7.24.